The van der Waals surface area contributed by atoms with Gasteiger partial charge in [-0.3, -0.25) is 4.79 Å². The first-order chi connectivity index (χ1) is 9.22. The van der Waals surface area contributed by atoms with E-state index >= 15 is 0 Å². The van der Waals surface area contributed by atoms with Gasteiger partial charge < -0.3 is 9.63 Å². The van der Waals surface area contributed by atoms with Crippen LogP contribution in [0.3, 0.4) is 0 Å². The number of unbranched alkanes of at least 4 members (excludes halogenated alkanes) is 5. The molecule has 0 saturated heterocycles. The zero-order valence-corrected chi connectivity index (χ0v) is 11.9. The van der Waals surface area contributed by atoms with Crippen LogP contribution in [0.15, 0.2) is 10.6 Å². The third kappa shape index (κ3) is 7.65. The lowest BCUT2D eigenvalue weighted by Crippen LogP contribution is -1.93. The van der Waals surface area contributed by atoms with Crippen molar-refractivity contribution in [3.8, 4) is 0 Å². The fourth-order valence-electron chi connectivity index (χ4n) is 2.13. The van der Waals surface area contributed by atoms with Crippen molar-refractivity contribution in [1.29, 1.82) is 0 Å². The minimum absolute atomic E-state index is 0.304. The lowest BCUT2D eigenvalue weighted by Gasteiger charge is -1.99. The van der Waals surface area contributed by atoms with Crippen LogP contribution in [-0.2, 0) is 17.6 Å². The molecule has 0 aliphatic heterocycles. The summed E-state index contributed by atoms with van der Waals surface area (Å²) in [5.74, 6) is 0.308. The maximum Gasteiger partial charge on any atom is 0.303 e. The minimum atomic E-state index is -0.687. The van der Waals surface area contributed by atoms with Crippen molar-refractivity contribution in [2.45, 2.75) is 71.1 Å². The van der Waals surface area contributed by atoms with Crippen LogP contribution >= 0.6 is 0 Å². The molecule has 4 nitrogen and oxygen atoms in total. The quantitative estimate of drug-likeness (QED) is 0.616. The predicted molar refractivity (Wildman–Crippen MR) is 74.2 cm³/mol. The Hall–Kier alpha value is -1.32. The van der Waals surface area contributed by atoms with Crippen molar-refractivity contribution >= 4 is 5.97 Å². The van der Waals surface area contributed by atoms with E-state index in [-0.39, 0.29) is 0 Å². The molecule has 1 aromatic heterocycles. The first-order valence-electron chi connectivity index (χ1n) is 7.38. The van der Waals surface area contributed by atoms with E-state index in [0.717, 1.165) is 56.4 Å². The van der Waals surface area contributed by atoms with Gasteiger partial charge in [-0.1, -0.05) is 44.2 Å². The van der Waals surface area contributed by atoms with Crippen LogP contribution in [0.2, 0.25) is 0 Å². The van der Waals surface area contributed by atoms with E-state index in [1.165, 1.54) is 12.8 Å². The highest BCUT2D eigenvalue weighted by atomic mass is 16.5. The molecule has 0 aliphatic rings. The van der Waals surface area contributed by atoms with Crippen LogP contribution in [0.25, 0.3) is 0 Å². The Kier molecular flexibility index (Phi) is 7.94. The Labute approximate surface area is 115 Å². The normalized spacial score (nSPS) is 10.8. The molecule has 4 heteroatoms. The number of aromatic nitrogens is 1. The van der Waals surface area contributed by atoms with E-state index in [1.807, 2.05) is 0 Å². The summed E-state index contributed by atoms with van der Waals surface area (Å²) in [4.78, 5) is 10.3. The molecule has 0 amide bonds. The van der Waals surface area contributed by atoms with Gasteiger partial charge >= 0.3 is 5.97 Å². The number of rotatable bonds is 11. The number of carboxylic acids is 1. The van der Waals surface area contributed by atoms with Gasteiger partial charge in [-0.2, -0.15) is 0 Å². The van der Waals surface area contributed by atoms with E-state index in [1.54, 1.807) is 0 Å². The van der Waals surface area contributed by atoms with E-state index in [4.69, 9.17) is 9.63 Å². The number of aliphatic carboxylic acids is 1. The van der Waals surface area contributed by atoms with Crippen molar-refractivity contribution in [2.75, 3.05) is 0 Å². The van der Waals surface area contributed by atoms with Crippen LogP contribution in [0, 0.1) is 0 Å². The Morgan fingerprint density at radius 3 is 2.53 bits per heavy atom. The molecule has 108 valence electrons. The van der Waals surface area contributed by atoms with Gasteiger partial charge in [0.05, 0.1) is 5.69 Å². The van der Waals surface area contributed by atoms with Crippen LogP contribution in [0.5, 0.6) is 0 Å². The van der Waals surface area contributed by atoms with E-state index < -0.39 is 5.97 Å². The molecular formula is C15H25NO3. The lowest BCUT2D eigenvalue weighted by molar-refractivity contribution is -0.137. The minimum Gasteiger partial charge on any atom is -0.481 e. The second-order valence-electron chi connectivity index (χ2n) is 5.05. The largest absolute Gasteiger partial charge is 0.481 e. The zero-order chi connectivity index (χ0) is 13.9. The van der Waals surface area contributed by atoms with Gasteiger partial charge in [0, 0.05) is 18.9 Å². The molecule has 0 aromatic carbocycles. The second kappa shape index (κ2) is 9.59. The van der Waals surface area contributed by atoms with Gasteiger partial charge in [0.1, 0.15) is 5.76 Å². The molecule has 0 radical (unpaired) electrons. The number of carbonyl (C=O) groups is 1. The molecule has 1 aromatic rings. The molecule has 19 heavy (non-hydrogen) atoms. The molecule has 1 heterocycles. The van der Waals surface area contributed by atoms with Crippen molar-refractivity contribution in [3.05, 3.63) is 17.5 Å². The SMILES string of the molecule is CCCc1cc(CCCCCCCCC(=O)O)on1. The van der Waals surface area contributed by atoms with Crippen molar-refractivity contribution < 1.29 is 14.4 Å². The van der Waals surface area contributed by atoms with E-state index in [0.29, 0.717) is 6.42 Å². The molecule has 0 spiro atoms. The molecule has 0 aliphatic carbocycles. The van der Waals surface area contributed by atoms with E-state index in [9.17, 15) is 4.79 Å². The highest BCUT2D eigenvalue weighted by molar-refractivity contribution is 5.66. The lowest BCUT2D eigenvalue weighted by atomic mass is 10.1. The summed E-state index contributed by atoms with van der Waals surface area (Å²) in [5, 5.41) is 12.5. The summed E-state index contributed by atoms with van der Waals surface area (Å²) < 4.78 is 5.27. The van der Waals surface area contributed by atoms with Crippen LogP contribution in [0.1, 0.15) is 69.7 Å². The Balaban J connectivity index is 1.96. The van der Waals surface area contributed by atoms with Gasteiger partial charge in [-0.25, -0.2) is 0 Å². The monoisotopic (exact) mass is 267 g/mol. The molecule has 0 bridgehead atoms. The summed E-state index contributed by atoms with van der Waals surface area (Å²) in [7, 11) is 0. The number of hydrogen-bond acceptors (Lipinski definition) is 3. The number of carboxylic acid groups (broad SMARTS) is 1. The highest BCUT2D eigenvalue weighted by Crippen LogP contribution is 2.12. The average Bonchev–Trinajstić information content (AvgIpc) is 2.80. The van der Waals surface area contributed by atoms with Crippen molar-refractivity contribution in [3.63, 3.8) is 0 Å². The topological polar surface area (TPSA) is 63.3 Å². The number of nitrogens with zero attached hydrogens (tertiary/aromatic N) is 1. The van der Waals surface area contributed by atoms with Gasteiger partial charge in [-0.15, -0.1) is 0 Å². The smallest absolute Gasteiger partial charge is 0.303 e. The van der Waals surface area contributed by atoms with Gasteiger partial charge in [0.15, 0.2) is 0 Å². The molecule has 0 unspecified atom stereocenters. The molecular weight excluding hydrogens is 242 g/mol. The van der Waals surface area contributed by atoms with Gasteiger partial charge in [-0.05, 0) is 19.3 Å². The van der Waals surface area contributed by atoms with Gasteiger partial charge in [0.2, 0.25) is 0 Å². The van der Waals surface area contributed by atoms with Gasteiger partial charge in [0.25, 0.3) is 0 Å². The number of aryl methyl sites for hydroxylation is 2. The summed E-state index contributed by atoms with van der Waals surface area (Å²) in [5.41, 5.74) is 1.06. The maximum atomic E-state index is 10.3. The fourth-order valence-corrected chi connectivity index (χ4v) is 2.13. The Bertz CT molecular complexity index is 360. The van der Waals surface area contributed by atoms with Crippen LogP contribution in [-0.4, -0.2) is 16.2 Å². The van der Waals surface area contributed by atoms with E-state index in [2.05, 4.69) is 18.1 Å². The maximum absolute atomic E-state index is 10.3. The third-order valence-corrected chi connectivity index (χ3v) is 3.18. The molecule has 1 rings (SSSR count). The molecule has 1 N–H and O–H groups in total. The summed E-state index contributed by atoms with van der Waals surface area (Å²) in [6, 6.07) is 2.07. The summed E-state index contributed by atoms with van der Waals surface area (Å²) >= 11 is 0. The van der Waals surface area contributed by atoms with Crippen molar-refractivity contribution in [2.24, 2.45) is 0 Å². The Morgan fingerprint density at radius 2 is 1.84 bits per heavy atom. The molecule has 0 atom stereocenters. The fraction of sp³-hybridized carbons (Fsp3) is 0.733. The Morgan fingerprint density at radius 1 is 1.16 bits per heavy atom. The highest BCUT2D eigenvalue weighted by Gasteiger charge is 2.03. The summed E-state index contributed by atoms with van der Waals surface area (Å²) in [6.45, 7) is 2.14. The second-order valence-corrected chi connectivity index (χ2v) is 5.05. The first kappa shape index (κ1) is 15.7. The zero-order valence-electron chi connectivity index (χ0n) is 11.9. The summed E-state index contributed by atoms with van der Waals surface area (Å²) in [6.07, 6.45) is 9.80. The molecule has 0 fully saturated rings. The predicted octanol–water partition coefficient (Wildman–Crippen LogP) is 3.98. The number of hydrogen-bond donors (Lipinski definition) is 1. The van der Waals surface area contributed by atoms with Crippen LogP contribution in [0.4, 0.5) is 0 Å². The first-order valence-corrected chi connectivity index (χ1v) is 7.38. The standard InChI is InChI=1S/C15H25NO3/c1-2-9-13-12-14(19-16-13)10-7-5-3-4-6-8-11-15(17)18/h12H,2-11H2,1H3,(H,17,18). The average molecular weight is 267 g/mol. The van der Waals surface area contributed by atoms with Crippen molar-refractivity contribution in [1.82, 2.24) is 5.16 Å². The van der Waals surface area contributed by atoms with Crippen LogP contribution < -0.4 is 0 Å². The third-order valence-electron chi connectivity index (χ3n) is 3.18. The molecule has 0 saturated carbocycles.